The Morgan fingerprint density at radius 3 is 2.26 bits per heavy atom. The Morgan fingerprint density at radius 2 is 1.70 bits per heavy atom. The van der Waals surface area contributed by atoms with Gasteiger partial charge in [0.05, 0.1) is 5.92 Å². The van der Waals surface area contributed by atoms with Gasteiger partial charge in [-0.05, 0) is 49.7 Å². The van der Waals surface area contributed by atoms with Crippen LogP contribution in [-0.2, 0) is 6.42 Å². The summed E-state index contributed by atoms with van der Waals surface area (Å²) < 4.78 is 60.8. The fourth-order valence-corrected chi connectivity index (χ4v) is 3.35. The molecule has 0 radical (unpaired) electrons. The molecular formula is C18H24F4O. The van der Waals surface area contributed by atoms with Gasteiger partial charge in [0.15, 0.2) is 11.6 Å². The van der Waals surface area contributed by atoms with Crippen molar-refractivity contribution in [1.29, 1.82) is 0 Å². The zero-order valence-electron chi connectivity index (χ0n) is 13.7. The van der Waals surface area contributed by atoms with E-state index in [1.165, 1.54) is 6.07 Å². The van der Waals surface area contributed by atoms with Crippen LogP contribution in [0.15, 0.2) is 12.1 Å². The molecule has 2 rings (SSSR count). The lowest BCUT2D eigenvalue weighted by Gasteiger charge is -2.33. The zero-order chi connectivity index (χ0) is 17.0. The number of benzene rings is 1. The third kappa shape index (κ3) is 4.18. The minimum absolute atomic E-state index is 0.151. The van der Waals surface area contributed by atoms with Crippen molar-refractivity contribution in [1.82, 2.24) is 0 Å². The molecule has 23 heavy (non-hydrogen) atoms. The summed E-state index contributed by atoms with van der Waals surface area (Å²) in [6.45, 7) is 3.75. The number of halogens is 4. The molecule has 1 aliphatic carbocycles. The molecule has 130 valence electrons. The summed E-state index contributed by atoms with van der Waals surface area (Å²) in [5, 5.41) is 0. The van der Waals surface area contributed by atoms with Gasteiger partial charge in [0, 0.05) is 0 Å². The van der Waals surface area contributed by atoms with Gasteiger partial charge < -0.3 is 4.74 Å². The van der Waals surface area contributed by atoms with Crippen LogP contribution >= 0.6 is 0 Å². The lowest BCUT2D eigenvalue weighted by Crippen LogP contribution is -2.37. The largest absolute Gasteiger partial charge is 0.429 e. The number of hydrogen-bond donors (Lipinski definition) is 0. The molecule has 1 fully saturated rings. The second kappa shape index (κ2) is 7.54. The third-order valence-electron chi connectivity index (χ3n) is 4.77. The van der Waals surface area contributed by atoms with Crippen molar-refractivity contribution in [3.8, 4) is 5.75 Å². The summed E-state index contributed by atoms with van der Waals surface area (Å²) in [5.74, 6) is -3.59. The highest BCUT2D eigenvalue weighted by molar-refractivity contribution is 5.31. The van der Waals surface area contributed by atoms with Crippen molar-refractivity contribution in [2.45, 2.75) is 64.9 Å². The van der Waals surface area contributed by atoms with Crippen molar-refractivity contribution in [3.63, 3.8) is 0 Å². The number of hydrogen-bond acceptors (Lipinski definition) is 1. The van der Waals surface area contributed by atoms with E-state index in [9.17, 15) is 17.6 Å². The summed E-state index contributed by atoms with van der Waals surface area (Å²) >= 11 is 0. The molecule has 0 heterocycles. The van der Waals surface area contributed by atoms with Crippen LogP contribution in [0.25, 0.3) is 0 Å². The lowest BCUT2D eigenvalue weighted by atomic mass is 9.79. The predicted molar refractivity (Wildman–Crippen MR) is 81.7 cm³/mol. The van der Waals surface area contributed by atoms with Crippen molar-refractivity contribution >= 4 is 0 Å². The van der Waals surface area contributed by atoms with E-state index in [1.807, 2.05) is 0 Å². The van der Waals surface area contributed by atoms with Crippen molar-refractivity contribution in [2.75, 3.05) is 0 Å². The standard InChI is InChI=1S/C18H24F4O/c1-3-5-12-6-9-14(10-7-12)18(21,22)23-15-11-8-13(4-2)16(19)17(15)20/h8,11-12,14H,3-7,9-10H2,1-2H3. The van der Waals surface area contributed by atoms with E-state index in [1.54, 1.807) is 6.92 Å². The Kier molecular flexibility index (Phi) is 5.93. The minimum Gasteiger partial charge on any atom is -0.429 e. The average Bonchev–Trinajstić information content (AvgIpc) is 2.53. The normalized spacial score (nSPS) is 22.2. The number of alkyl halides is 2. The first kappa shape index (κ1) is 18.1. The average molecular weight is 332 g/mol. The summed E-state index contributed by atoms with van der Waals surface area (Å²) in [6.07, 6.45) is 1.11. The number of rotatable bonds is 6. The summed E-state index contributed by atoms with van der Waals surface area (Å²) in [4.78, 5) is 0. The maximum absolute atomic E-state index is 14.3. The number of aryl methyl sites for hydroxylation is 1. The smallest absolute Gasteiger partial charge is 0.400 e. The Morgan fingerprint density at radius 1 is 1.04 bits per heavy atom. The van der Waals surface area contributed by atoms with E-state index >= 15 is 0 Å². The van der Waals surface area contributed by atoms with Crippen molar-refractivity contribution in [3.05, 3.63) is 29.3 Å². The van der Waals surface area contributed by atoms with Gasteiger partial charge in [-0.25, -0.2) is 4.39 Å². The summed E-state index contributed by atoms with van der Waals surface area (Å²) in [5.41, 5.74) is 0.151. The van der Waals surface area contributed by atoms with Gasteiger partial charge in [-0.1, -0.05) is 32.8 Å². The van der Waals surface area contributed by atoms with Crippen LogP contribution in [0.2, 0.25) is 0 Å². The zero-order valence-corrected chi connectivity index (χ0v) is 13.7. The fraction of sp³-hybridized carbons (Fsp3) is 0.667. The van der Waals surface area contributed by atoms with E-state index in [4.69, 9.17) is 0 Å². The molecule has 0 unspecified atom stereocenters. The minimum atomic E-state index is -3.47. The van der Waals surface area contributed by atoms with Gasteiger partial charge in [0.1, 0.15) is 0 Å². The summed E-state index contributed by atoms with van der Waals surface area (Å²) in [7, 11) is 0. The highest BCUT2D eigenvalue weighted by Gasteiger charge is 2.44. The van der Waals surface area contributed by atoms with Crippen molar-refractivity contribution in [2.24, 2.45) is 11.8 Å². The molecule has 1 aliphatic rings. The van der Waals surface area contributed by atoms with E-state index in [-0.39, 0.29) is 5.56 Å². The van der Waals surface area contributed by atoms with E-state index < -0.39 is 29.4 Å². The van der Waals surface area contributed by atoms with E-state index in [0.29, 0.717) is 25.2 Å². The van der Waals surface area contributed by atoms with Crippen LogP contribution in [0.4, 0.5) is 17.6 Å². The Labute approximate surface area is 135 Å². The van der Waals surface area contributed by atoms with E-state index in [0.717, 1.165) is 31.7 Å². The SMILES string of the molecule is CCCC1CCC(C(F)(F)Oc2ccc(CC)c(F)c2F)CC1. The van der Waals surface area contributed by atoms with Gasteiger partial charge in [-0.2, -0.15) is 13.2 Å². The van der Waals surface area contributed by atoms with Gasteiger partial charge in [-0.3, -0.25) is 0 Å². The maximum atomic E-state index is 14.3. The second-order valence-electron chi connectivity index (χ2n) is 6.37. The molecule has 0 N–H and O–H groups in total. The molecule has 0 atom stereocenters. The molecule has 0 aromatic heterocycles. The van der Waals surface area contributed by atoms with Gasteiger partial charge in [-0.15, -0.1) is 0 Å². The van der Waals surface area contributed by atoms with Crippen LogP contribution in [0, 0.1) is 23.5 Å². The monoisotopic (exact) mass is 332 g/mol. The molecule has 0 amide bonds. The van der Waals surface area contributed by atoms with Gasteiger partial charge >= 0.3 is 6.11 Å². The molecule has 1 saturated carbocycles. The Balaban J connectivity index is 2.05. The molecular weight excluding hydrogens is 308 g/mol. The number of ether oxygens (including phenoxy) is 1. The summed E-state index contributed by atoms with van der Waals surface area (Å²) in [6, 6.07) is 2.38. The van der Waals surface area contributed by atoms with Crippen molar-refractivity contribution < 1.29 is 22.3 Å². The topological polar surface area (TPSA) is 9.23 Å². The Hall–Kier alpha value is -1.26. The molecule has 0 spiro atoms. The maximum Gasteiger partial charge on any atom is 0.400 e. The molecule has 0 aliphatic heterocycles. The first-order valence-electron chi connectivity index (χ1n) is 8.42. The molecule has 1 aromatic carbocycles. The van der Waals surface area contributed by atoms with Crippen LogP contribution in [-0.4, -0.2) is 6.11 Å². The fourth-order valence-electron chi connectivity index (χ4n) is 3.35. The Bertz CT molecular complexity index is 522. The second-order valence-corrected chi connectivity index (χ2v) is 6.37. The molecule has 5 heteroatoms. The highest BCUT2D eigenvalue weighted by atomic mass is 19.3. The molecule has 0 bridgehead atoms. The quantitative estimate of drug-likeness (QED) is 0.571. The van der Waals surface area contributed by atoms with Crippen LogP contribution in [0.1, 0.15) is 57.9 Å². The lowest BCUT2D eigenvalue weighted by molar-refractivity contribution is -0.224. The van der Waals surface area contributed by atoms with Crippen LogP contribution in [0.5, 0.6) is 5.75 Å². The molecule has 1 aromatic rings. The molecule has 1 nitrogen and oxygen atoms in total. The molecule has 0 saturated heterocycles. The van der Waals surface area contributed by atoms with E-state index in [2.05, 4.69) is 11.7 Å². The predicted octanol–water partition coefficient (Wildman–Crippen LogP) is 6.11. The highest BCUT2D eigenvalue weighted by Crippen LogP contribution is 2.41. The third-order valence-corrected chi connectivity index (χ3v) is 4.77. The van der Waals surface area contributed by atoms with Crippen LogP contribution in [0.3, 0.4) is 0 Å². The van der Waals surface area contributed by atoms with Gasteiger partial charge in [0.2, 0.25) is 5.82 Å². The first-order valence-corrected chi connectivity index (χ1v) is 8.42. The van der Waals surface area contributed by atoms with Gasteiger partial charge in [0.25, 0.3) is 0 Å². The van der Waals surface area contributed by atoms with Crippen LogP contribution < -0.4 is 4.74 Å². The first-order chi connectivity index (χ1) is 10.9.